The van der Waals surface area contributed by atoms with Gasteiger partial charge in [-0.1, -0.05) is 11.6 Å². The van der Waals surface area contributed by atoms with Gasteiger partial charge in [0.25, 0.3) is 5.91 Å². The maximum absolute atomic E-state index is 10.6. The third-order valence-electron chi connectivity index (χ3n) is 1.47. The van der Waals surface area contributed by atoms with Crippen molar-refractivity contribution in [2.75, 3.05) is 6.61 Å². The van der Waals surface area contributed by atoms with Crippen LogP contribution in [0.1, 0.15) is 10.4 Å². The lowest BCUT2D eigenvalue weighted by Gasteiger charge is -2.05. The number of benzene rings is 1. The SMILES string of the molecule is NC(=O)COc1ccc(Cl)cc1C=O. The van der Waals surface area contributed by atoms with E-state index in [1.54, 1.807) is 6.07 Å². The van der Waals surface area contributed by atoms with Gasteiger partial charge in [-0.3, -0.25) is 9.59 Å². The summed E-state index contributed by atoms with van der Waals surface area (Å²) in [6.07, 6.45) is 0.599. The number of ether oxygens (including phenoxy) is 1. The van der Waals surface area contributed by atoms with Gasteiger partial charge in [-0.05, 0) is 18.2 Å². The Balaban J connectivity index is 2.85. The zero-order chi connectivity index (χ0) is 10.6. The van der Waals surface area contributed by atoms with Crippen molar-refractivity contribution in [1.29, 1.82) is 0 Å². The normalized spacial score (nSPS) is 9.50. The molecule has 0 aromatic heterocycles. The van der Waals surface area contributed by atoms with E-state index in [1.807, 2.05) is 0 Å². The maximum atomic E-state index is 10.6. The van der Waals surface area contributed by atoms with Gasteiger partial charge in [-0.25, -0.2) is 0 Å². The Morgan fingerprint density at radius 1 is 1.57 bits per heavy atom. The lowest BCUT2D eigenvalue weighted by atomic mass is 10.2. The summed E-state index contributed by atoms with van der Waals surface area (Å²) < 4.78 is 4.98. The van der Waals surface area contributed by atoms with Gasteiger partial charge >= 0.3 is 0 Å². The summed E-state index contributed by atoms with van der Waals surface area (Å²) in [7, 11) is 0. The molecule has 0 saturated heterocycles. The first-order chi connectivity index (χ1) is 6.63. The molecule has 0 saturated carbocycles. The average Bonchev–Trinajstić information content (AvgIpc) is 2.15. The van der Waals surface area contributed by atoms with Gasteiger partial charge in [-0.2, -0.15) is 0 Å². The minimum Gasteiger partial charge on any atom is -0.483 e. The maximum Gasteiger partial charge on any atom is 0.255 e. The van der Waals surface area contributed by atoms with Gasteiger partial charge in [0.2, 0.25) is 0 Å². The Morgan fingerprint density at radius 2 is 2.29 bits per heavy atom. The van der Waals surface area contributed by atoms with Crippen LogP contribution in [0.15, 0.2) is 18.2 Å². The molecule has 0 spiro atoms. The lowest BCUT2D eigenvalue weighted by molar-refractivity contribution is -0.119. The van der Waals surface area contributed by atoms with Crippen molar-refractivity contribution in [3.8, 4) is 5.75 Å². The van der Waals surface area contributed by atoms with E-state index in [1.165, 1.54) is 12.1 Å². The summed E-state index contributed by atoms with van der Waals surface area (Å²) in [5.41, 5.74) is 5.17. The number of amides is 1. The molecule has 74 valence electrons. The molecule has 0 heterocycles. The smallest absolute Gasteiger partial charge is 0.255 e. The van der Waals surface area contributed by atoms with Crippen LogP contribution >= 0.6 is 11.6 Å². The number of rotatable bonds is 4. The lowest BCUT2D eigenvalue weighted by Crippen LogP contribution is -2.20. The van der Waals surface area contributed by atoms with Gasteiger partial charge in [0.15, 0.2) is 12.9 Å². The van der Waals surface area contributed by atoms with E-state index in [9.17, 15) is 9.59 Å². The van der Waals surface area contributed by atoms with Crippen molar-refractivity contribution in [3.63, 3.8) is 0 Å². The quantitative estimate of drug-likeness (QED) is 0.759. The Morgan fingerprint density at radius 3 is 2.86 bits per heavy atom. The van der Waals surface area contributed by atoms with Crippen molar-refractivity contribution in [1.82, 2.24) is 0 Å². The number of aldehydes is 1. The van der Waals surface area contributed by atoms with Gasteiger partial charge in [0, 0.05) is 5.02 Å². The summed E-state index contributed by atoms with van der Waals surface area (Å²) in [4.78, 5) is 21.0. The van der Waals surface area contributed by atoms with Crippen molar-refractivity contribution in [3.05, 3.63) is 28.8 Å². The molecule has 1 aromatic rings. The Labute approximate surface area is 85.6 Å². The average molecular weight is 214 g/mol. The van der Waals surface area contributed by atoms with Crippen molar-refractivity contribution in [2.24, 2.45) is 5.73 Å². The predicted molar refractivity (Wildman–Crippen MR) is 51.5 cm³/mol. The monoisotopic (exact) mass is 213 g/mol. The van der Waals surface area contributed by atoms with Crippen molar-refractivity contribution in [2.45, 2.75) is 0 Å². The van der Waals surface area contributed by atoms with Crippen LogP contribution in [0.25, 0.3) is 0 Å². The van der Waals surface area contributed by atoms with Crippen LogP contribution in [-0.4, -0.2) is 18.8 Å². The van der Waals surface area contributed by atoms with Crippen LogP contribution in [0.3, 0.4) is 0 Å². The zero-order valence-corrected chi connectivity index (χ0v) is 7.95. The van der Waals surface area contributed by atoms with E-state index in [2.05, 4.69) is 0 Å². The second-order valence-electron chi connectivity index (χ2n) is 2.55. The first-order valence-electron chi connectivity index (χ1n) is 3.79. The highest BCUT2D eigenvalue weighted by atomic mass is 35.5. The number of carbonyl (C=O) groups is 2. The van der Waals surface area contributed by atoms with E-state index < -0.39 is 5.91 Å². The number of hydrogen-bond donors (Lipinski definition) is 1. The Kier molecular flexibility index (Phi) is 3.48. The van der Waals surface area contributed by atoms with E-state index in [0.29, 0.717) is 22.6 Å². The van der Waals surface area contributed by atoms with E-state index in [0.717, 1.165) is 0 Å². The molecular weight excluding hydrogens is 206 g/mol. The number of hydrogen-bond acceptors (Lipinski definition) is 3. The molecule has 0 radical (unpaired) electrons. The molecule has 0 unspecified atom stereocenters. The van der Waals surface area contributed by atoms with Gasteiger partial charge < -0.3 is 10.5 Å². The molecule has 1 rings (SSSR count). The molecule has 14 heavy (non-hydrogen) atoms. The van der Waals surface area contributed by atoms with Crippen molar-refractivity contribution < 1.29 is 14.3 Å². The largest absolute Gasteiger partial charge is 0.483 e. The summed E-state index contributed by atoms with van der Waals surface area (Å²) in [5, 5.41) is 0.429. The fourth-order valence-corrected chi connectivity index (χ4v) is 1.07. The molecule has 1 aromatic carbocycles. The molecule has 0 aliphatic rings. The molecule has 2 N–H and O–H groups in total. The second kappa shape index (κ2) is 4.62. The number of halogens is 1. The minimum atomic E-state index is -0.600. The summed E-state index contributed by atoms with van der Waals surface area (Å²) in [5.74, 6) is -0.306. The molecule has 5 heteroatoms. The number of nitrogens with two attached hydrogens (primary N) is 1. The van der Waals surface area contributed by atoms with Crippen LogP contribution < -0.4 is 10.5 Å². The molecule has 0 atom stereocenters. The van der Waals surface area contributed by atoms with Crippen LogP contribution in [0.4, 0.5) is 0 Å². The highest BCUT2D eigenvalue weighted by Crippen LogP contribution is 2.20. The Bertz CT molecular complexity index is 365. The first-order valence-corrected chi connectivity index (χ1v) is 4.17. The molecule has 0 aliphatic heterocycles. The molecule has 1 amide bonds. The fraction of sp³-hybridized carbons (Fsp3) is 0.111. The van der Waals surface area contributed by atoms with Crippen LogP contribution in [-0.2, 0) is 4.79 Å². The molecule has 0 fully saturated rings. The molecule has 4 nitrogen and oxygen atoms in total. The fourth-order valence-electron chi connectivity index (χ4n) is 0.892. The highest BCUT2D eigenvalue weighted by Gasteiger charge is 2.04. The topological polar surface area (TPSA) is 69.4 Å². The minimum absolute atomic E-state index is 0.261. The van der Waals surface area contributed by atoms with E-state index in [-0.39, 0.29) is 6.61 Å². The summed E-state index contributed by atoms with van der Waals surface area (Å²) in [6.45, 7) is -0.261. The summed E-state index contributed by atoms with van der Waals surface area (Å²) in [6, 6.07) is 4.52. The standard InChI is InChI=1S/C9H8ClNO3/c10-7-1-2-8(6(3-7)4-12)14-5-9(11)13/h1-4H,5H2,(H2,11,13). The second-order valence-corrected chi connectivity index (χ2v) is 2.99. The highest BCUT2D eigenvalue weighted by molar-refractivity contribution is 6.30. The summed E-state index contributed by atoms with van der Waals surface area (Å²) >= 11 is 5.65. The van der Waals surface area contributed by atoms with Crippen LogP contribution in [0.5, 0.6) is 5.75 Å². The van der Waals surface area contributed by atoms with Gasteiger partial charge in [0.05, 0.1) is 5.56 Å². The molecule has 0 aliphatic carbocycles. The Hall–Kier alpha value is -1.55. The van der Waals surface area contributed by atoms with E-state index >= 15 is 0 Å². The van der Waals surface area contributed by atoms with Gasteiger partial charge in [-0.15, -0.1) is 0 Å². The van der Waals surface area contributed by atoms with Gasteiger partial charge in [0.1, 0.15) is 5.75 Å². The number of primary amides is 1. The third-order valence-corrected chi connectivity index (χ3v) is 1.70. The first kappa shape index (κ1) is 10.5. The third kappa shape index (κ3) is 2.74. The molecule has 0 bridgehead atoms. The van der Waals surface area contributed by atoms with Crippen LogP contribution in [0.2, 0.25) is 5.02 Å². The molecular formula is C9H8ClNO3. The predicted octanol–water partition coefficient (Wildman–Crippen LogP) is 1.02. The van der Waals surface area contributed by atoms with Crippen LogP contribution in [0, 0.1) is 0 Å². The van der Waals surface area contributed by atoms with E-state index in [4.69, 9.17) is 22.1 Å². The van der Waals surface area contributed by atoms with Crippen molar-refractivity contribution >= 4 is 23.8 Å². The zero-order valence-electron chi connectivity index (χ0n) is 7.20. The number of carbonyl (C=O) groups excluding carboxylic acids is 2.